The molecule has 0 aliphatic carbocycles. The van der Waals surface area contributed by atoms with Crippen molar-refractivity contribution in [1.82, 2.24) is 14.7 Å². The number of nitrogens with zero attached hydrogens (tertiary/aromatic N) is 4. The zero-order chi connectivity index (χ0) is 38.5. The molecule has 1 aromatic heterocycles. The summed E-state index contributed by atoms with van der Waals surface area (Å²) < 4.78 is 28.3. The molecule has 0 saturated carbocycles. The highest BCUT2D eigenvalue weighted by atomic mass is 35.5. The van der Waals surface area contributed by atoms with Gasteiger partial charge in [-0.25, -0.2) is 9.48 Å². The molecule has 14 heteroatoms. The van der Waals surface area contributed by atoms with Crippen molar-refractivity contribution in [3.05, 3.63) is 136 Å². The van der Waals surface area contributed by atoms with Gasteiger partial charge in [-0.3, -0.25) is 9.63 Å². The zero-order valence-electron chi connectivity index (χ0n) is 30.2. The van der Waals surface area contributed by atoms with E-state index in [4.69, 9.17) is 51.7 Å². The maximum atomic E-state index is 12.8. The van der Waals surface area contributed by atoms with E-state index in [1.807, 2.05) is 66.7 Å². The van der Waals surface area contributed by atoms with Gasteiger partial charge in [0.15, 0.2) is 11.5 Å². The minimum Gasteiger partial charge on any atom is -0.493 e. The van der Waals surface area contributed by atoms with Gasteiger partial charge in [0.25, 0.3) is 0 Å². The third-order valence-electron chi connectivity index (χ3n) is 8.21. The van der Waals surface area contributed by atoms with Gasteiger partial charge in [0.2, 0.25) is 11.8 Å². The number of hydroxylamine groups is 1. The second-order valence-corrected chi connectivity index (χ2v) is 12.4. The van der Waals surface area contributed by atoms with Crippen molar-refractivity contribution >= 4 is 46.5 Å². The maximum absolute atomic E-state index is 12.8. The zero-order valence-corrected chi connectivity index (χ0v) is 31.8. The number of aromatic nitrogens is 2. The Kier molecular flexibility index (Phi) is 14.3. The van der Waals surface area contributed by atoms with Crippen LogP contribution < -0.4 is 19.3 Å². The number of para-hydroxylation sites is 1. The lowest BCUT2D eigenvalue weighted by atomic mass is 9.96. The average molecular weight is 776 g/mol. The minimum atomic E-state index is -0.628. The number of amides is 2. The molecule has 0 atom stereocenters. The lowest BCUT2D eigenvalue weighted by Gasteiger charge is -2.26. The highest BCUT2D eigenvalue weighted by molar-refractivity contribution is 6.30. The van der Waals surface area contributed by atoms with Gasteiger partial charge < -0.3 is 28.6 Å². The van der Waals surface area contributed by atoms with Crippen LogP contribution in [0.15, 0.2) is 109 Å². The predicted octanol–water partition coefficient (Wildman–Crippen LogP) is 7.89. The molecule has 282 valence electrons. The Hall–Kier alpha value is -5.53. The number of carbonyl (C=O) groups is 2. The molecule has 5 aromatic rings. The maximum Gasteiger partial charge on any atom is 0.438 e. The van der Waals surface area contributed by atoms with Crippen molar-refractivity contribution in [2.24, 2.45) is 0 Å². The summed E-state index contributed by atoms with van der Waals surface area (Å²) in [5.41, 5.74) is 4.69. The van der Waals surface area contributed by atoms with Crippen molar-refractivity contribution in [3.8, 4) is 23.1 Å². The van der Waals surface area contributed by atoms with Gasteiger partial charge in [0.1, 0.15) is 6.61 Å². The Morgan fingerprint density at radius 3 is 2.11 bits per heavy atom. The first-order valence-corrected chi connectivity index (χ1v) is 17.5. The summed E-state index contributed by atoms with van der Waals surface area (Å²) in [6.45, 7) is 2.51. The van der Waals surface area contributed by atoms with Gasteiger partial charge in [0.05, 0.1) is 53.0 Å². The van der Waals surface area contributed by atoms with E-state index in [9.17, 15) is 9.59 Å². The number of hydrogen-bond acceptors (Lipinski definition) is 9. The Balaban J connectivity index is 0.000000208. The van der Waals surface area contributed by atoms with E-state index in [0.717, 1.165) is 33.0 Å². The van der Waals surface area contributed by atoms with Crippen LogP contribution in [-0.4, -0.2) is 81.4 Å². The van der Waals surface area contributed by atoms with Crippen LogP contribution in [0.4, 0.5) is 10.5 Å². The number of rotatable bonds is 11. The fraction of sp³-hybridized carbons (Fsp3) is 0.225. The normalized spacial score (nSPS) is 12.6. The first kappa shape index (κ1) is 39.7. The monoisotopic (exact) mass is 774 g/mol. The van der Waals surface area contributed by atoms with Gasteiger partial charge in [-0.2, -0.15) is 5.06 Å². The molecule has 1 fully saturated rings. The molecule has 0 spiro atoms. The molecule has 1 saturated heterocycles. The molecule has 2 amide bonds. The molecule has 54 heavy (non-hydrogen) atoms. The summed E-state index contributed by atoms with van der Waals surface area (Å²) in [5, 5.41) is 6.75. The standard InChI is InChI=1S/C21H22ClNO4.C19H18ClN3O4/c1-25-19-8-5-16(13-20(19)26-2)18(15-3-6-17(22)7-4-15)14-21(24)23-9-11-27-12-10-23;1-25-19(24)23(26-2)17-6-4-3-5-14(17)13-27-18-11-12-22(21-18)16-9-7-15(20)8-10-16/h3-8,13-14H,9-12H2,1-2H3;3-12H,13H2,1-2H3/b18-14-;. The van der Waals surface area contributed by atoms with E-state index in [2.05, 4.69) is 5.10 Å². The SMILES string of the molecule is COC(=O)N(OC)c1ccccc1COc1ccn(-c2ccc(Cl)cc2)n1.COc1ccc(/C(=C\C(=O)N2CCOCC2)c2ccc(Cl)cc2)cc1OC. The number of carbonyl (C=O) groups excluding carboxylic acids is 2. The van der Waals surface area contributed by atoms with Crippen molar-refractivity contribution in [1.29, 1.82) is 0 Å². The fourth-order valence-electron chi connectivity index (χ4n) is 5.42. The van der Waals surface area contributed by atoms with Crippen LogP contribution in [0.1, 0.15) is 16.7 Å². The Bertz CT molecular complexity index is 2030. The number of methoxy groups -OCH3 is 3. The van der Waals surface area contributed by atoms with Crippen molar-refractivity contribution < 1.29 is 38.1 Å². The highest BCUT2D eigenvalue weighted by Crippen LogP contribution is 2.33. The fourth-order valence-corrected chi connectivity index (χ4v) is 5.68. The summed E-state index contributed by atoms with van der Waals surface area (Å²) in [5.74, 6) is 1.64. The molecule has 1 aliphatic rings. The molecule has 4 aromatic carbocycles. The molecule has 6 rings (SSSR count). The van der Waals surface area contributed by atoms with Gasteiger partial charge in [-0.1, -0.05) is 59.6 Å². The summed E-state index contributed by atoms with van der Waals surface area (Å²) in [6, 6.07) is 29.3. The van der Waals surface area contributed by atoms with Crippen LogP contribution in [0.3, 0.4) is 0 Å². The summed E-state index contributed by atoms with van der Waals surface area (Å²) in [6.07, 6.45) is 2.83. The predicted molar refractivity (Wildman–Crippen MR) is 207 cm³/mol. The average Bonchev–Trinajstić information content (AvgIpc) is 3.69. The van der Waals surface area contributed by atoms with Crippen LogP contribution in [0.25, 0.3) is 11.3 Å². The lowest BCUT2D eigenvalue weighted by Crippen LogP contribution is -2.39. The number of halogens is 2. The van der Waals surface area contributed by atoms with Crippen LogP contribution in [0, 0.1) is 0 Å². The number of anilines is 1. The van der Waals surface area contributed by atoms with E-state index in [-0.39, 0.29) is 12.5 Å². The molecule has 1 aliphatic heterocycles. The number of ether oxygens (including phenoxy) is 5. The molecule has 0 bridgehead atoms. The van der Waals surface area contributed by atoms with E-state index in [1.54, 1.807) is 66.4 Å². The summed E-state index contributed by atoms with van der Waals surface area (Å²) in [7, 11) is 5.86. The van der Waals surface area contributed by atoms with Crippen LogP contribution in [0.2, 0.25) is 10.0 Å². The minimum absolute atomic E-state index is 0.0435. The largest absolute Gasteiger partial charge is 0.493 e. The van der Waals surface area contributed by atoms with Crippen LogP contribution in [-0.2, 0) is 25.7 Å². The molecule has 0 N–H and O–H groups in total. The second-order valence-electron chi connectivity index (χ2n) is 11.5. The van der Waals surface area contributed by atoms with E-state index >= 15 is 0 Å². The van der Waals surface area contributed by atoms with E-state index in [0.29, 0.717) is 59.4 Å². The van der Waals surface area contributed by atoms with Crippen LogP contribution in [0.5, 0.6) is 17.4 Å². The second kappa shape index (κ2) is 19.5. The summed E-state index contributed by atoms with van der Waals surface area (Å²) >= 11 is 11.9. The van der Waals surface area contributed by atoms with Crippen molar-refractivity contribution in [3.63, 3.8) is 0 Å². The molecular formula is C40H40Cl2N4O8. The summed E-state index contributed by atoms with van der Waals surface area (Å²) in [4.78, 5) is 31.6. The Morgan fingerprint density at radius 2 is 1.46 bits per heavy atom. The Labute approximate surface area is 323 Å². The first-order chi connectivity index (χ1) is 26.2. The third kappa shape index (κ3) is 10.3. The van der Waals surface area contributed by atoms with Crippen molar-refractivity contribution in [2.75, 3.05) is 59.8 Å². The van der Waals surface area contributed by atoms with Gasteiger partial charge in [-0.05, 0) is 71.3 Å². The van der Waals surface area contributed by atoms with E-state index in [1.165, 1.54) is 14.2 Å². The van der Waals surface area contributed by atoms with Crippen molar-refractivity contribution in [2.45, 2.75) is 6.61 Å². The van der Waals surface area contributed by atoms with Gasteiger partial charge >= 0.3 is 6.09 Å². The first-order valence-electron chi connectivity index (χ1n) is 16.8. The third-order valence-corrected chi connectivity index (χ3v) is 8.71. The van der Waals surface area contributed by atoms with Crippen LogP contribution >= 0.6 is 23.2 Å². The topological polar surface area (TPSA) is 114 Å². The van der Waals surface area contributed by atoms with E-state index < -0.39 is 6.09 Å². The molecule has 0 radical (unpaired) electrons. The molecular weight excluding hydrogens is 735 g/mol. The quantitative estimate of drug-likeness (QED) is 0.0977. The number of hydrogen-bond donors (Lipinski definition) is 0. The highest BCUT2D eigenvalue weighted by Gasteiger charge is 2.20. The Morgan fingerprint density at radius 1 is 0.815 bits per heavy atom. The lowest BCUT2D eigenvalue weighted by molar-refractivity contribution is -0.129. The molecule has 0 unspecified atom stereocenters. The van der Waals surface area contributed by atoms with Gasteiger partial charge in [0, 0.05) is 47.0 Å². The molecule has 2 heterocycles. The smallest absolute Gasteiger partial charge is 0.438 e. The number of benzene rings is 4. The van der Waals surface area contributed by atoms with Gasteiger partial charge in [-0.15, -0.1) is 5.10 Å². The molecule has 12 nitrogen and oxygen atoms in total. The number of morpholine rings is 1.